The maximum absolute atomic E-state index is 11.8. The van der Waals surface area contributed by atoms with Gasteiger partial charge in [0.15, 0.2) is 0 Å². The van der Waals surface area contributed by atoms with E-state index >= 15 is 0 Å². The van der Waals surface area contributed by atoms with Crippen molar-refractivity contribution in [2.24, 2.45) is 0 Å². The van der Waals surface area contributed by atoms with Gasteiger partial charge >= 0.3 is 5.97 Å². The number of esters is 1. The van der Waals surface area contributed by atoms with Gasteiger partial charge in [-0.15, -0.1) is 23.2 Å². The molecule has 0 radical (unpaired) electrons. The summed E-state index contributed by atoms with van der Waals surface area (Å²) in [5.41, 5.74) is 1.40. The summed E-state index contributed by atoms with van der Waals surface area (Å²) < 4.78 is 4.15. The lowest BCUT2D eigenvalue weighted by atomic mass is 10.1. The molecule has 1 saturated carbocycles. The summed E-state index contributed by atoms with van der Waals surface area (Å²) in [5.74, 6) is -0.397. The highest BCUT2D eigenvalue weighted by atomic mass is 35.5. The van der Waals surface area contributed by atoms with E-state index in [-0.39, 0.29) is 22.0 Å². The van der Waals surface area contributed by atoms with Gasteiger partial charge in [-0.1, -0.05) is 46.9 Å². The fraction of sp³-hybridized carbons (Fsp3) is 0.308. The fourth-order valence-corrected chi connectivity index (χ4v) is 2.42. The Morgan fingerprint density at radius 3 is 2.20 bits per heavy atom. The minimum atomic E-state index is -0.683. The van der Waals surface area contributed by atoms with Gasteiger partial charge in [-0.25, -0.2) is 4.79 Å². The van der Waals surface area contributed by atoms with Gasteiger partial charge in [0.2, 0.25) is 0 Å². The Hall–Kier alpha value is -0.120. The molecule has 0 heterocycles. The van der Waals surface area contributed by atoms with E-state index in [9.17, 15) is 4.79 Å². The summed E-state index contributed by atoms with van der Waals surface area (Å²) in [6, 6.07) is 6.92. The van der Waals surface area contributed by atoms with E-state index in [1.807, 2.05) is 0 Å². The highest BCUT2D eigenvalue weighted by Crippen LogP contribution is 2.59. The van der Waals surface area contributed by atoms with E-state index in [2.05, 4.69) is 0 Å². The van der Waals surface area contributed by atoms with Crippen molar-refractivity contribution in [3.8, 4) is 0 Å². The maximum atomic E-state index is 11.8. The van der Waals surface area contributed by atoms with Crippen molar-refractivity contribution < 1.29 is 9.53 Å². The molecule has 0 spiro atoms. The van der Waals surface area contributed by atoms with Crippen molar-refractivity contribution in [1.82, 2.24) is 0 Å². The molecule has 1 aliphatic rings. The molecule has 2 nitrogen and oxygen atoms in total. The summed E-state index contributed by atoms with van der Waals surface area (Å²) in [7, 11) is 0. The van der Waals surface area contributed by atoms with Crippen LogP contribution in [0.4, 0.5) is 0 Å². The van der Waals surface area contributed by atoms with Gasteiger partial charge in [0.25, 0.3) is 0 Å². The van der Waals surface area contributed by atoms with Crippen LogP contribution in [0.15, 0.2) is 33.8 Å². The highest BCUT2D eigenvalue weighted by molar-refractivity contribution is 6.59. The van der Waals surface area contributed by atoms with Gasteiger partial charge in [0.1, 0.15) is 15.4 Å². The van der Waals surface area contributed by atoms with Gasteiger partial charge < -0.3 is 4.74 Å². The number of hydrogen-bond donors (Lipinski definition) is 0. The Morgan fingerprint density at radius 1 is 1.20 bits per heavy atom. The van der Waals surface area contributed by atoms with Crippen molar-refractivity contribution in [1.29, 1.82) is 0 Å². The number of ether oxygens (including phenoxy) is 1. The van der Waals surface area contributed by atoms with Crippen LogP contribution >= 0.6 is 58.0 Å². The average Bonchev–Trinajstić information content (AvgIpc) is 3.04. The van der Waals surface area contributed by atoms with E-state index < -0.39 is 10.3 Å². The summed E-state index contributed by atoms with van der Waals surface area (Å²) in [4.78, 5) is 11.8. The van der Waals surface area contributed by atoms with Crippen LogP contribution in [-0.2, 0) is 4.74 Å². The molecule has 108 valence electrons. The molecule has 0 saturated heterocycles. The molecule has 0 amide bonds. The number of hydrogen-bond acceptors (Lipinski definition) is 2. The first-order chi connectivity index (χ1) is 9.31. The van der Waals surface area contributed by atoms with E-state index in [1.165, 1.54) is 0 Å². The second-order valence-corrected chi connectivity index (χ2v) is 7.33. The normalized spacial score (nSPS) is 19.4. The number of benzene rings is 1. The first kappa shape index (κ1) is 16.3. The topological polar surface area (TPSA) is 26.3 Å². The standard InChI is InChI=1S/C13H9Cl5O2/c14-10(11(15)16)6-20-12(19)8-3-1-7(2-4-8)9-5-13(9,17)18/h1-4,9H,5-6H2. The summed E-state index contributed by atoms with van der Waals surface area (Å²) in [6.07, 6.45) is 0.717. The molecule has 7 heteroatoms. The Balaban J connectivity index is 1.96. The van der Waals surface area contributed by atoms with Crippen LogP contribution < -0.4 is 0 Å². The third kappa shape index (κ3) is 3.96. The van der Waals surface area contributed by atoms with Crippen molar-refractivity contribution in [3.63, 3.8) is 0 Å². The molecule has 20 heavy (non-hydrogen) atoms. The fourth-order valence-electron chi connectivity index (χ4n) is 1.69. The van der Waals surface area contributed by atoms with Crippen molar-refractivity contribution >= 4 is 64.0 Å². The molecule has 2 rings (SSSR count). The SMILES string of the molecule is O=C(OCC(Cl)=C(Cl)Cl)c1ccc(C2CC2(Cl)Cl)cc1. The van der Waals surface area contributed by atoms with Gasteiger partial charge in [-0.05, 0) is 24.1 Å². The quantitative estimate of drug-likeness (QED) is 0.522. The van der Waals surface area contributed by atoms with Crippen LogP contribution in [0.3, 0.4) is 0 Å². The number of alkyl halides is 2. The van der Waals surface area contributed by atoms with Crippen LogP contribution in [0.2, 0.25) is 0 Å². The number of rotatable bonds is 4. The summed E-state index contributed by atoms with van der Waals surface area (Å²) in [5, 5.41) is 0.0744. The lowest BCUT2D eigenvalue weighted by Crippen LogP contribution is -2.07. The Kier molecular flexibility index (Phi) is 5.14. The predicted molar refractivity (Wildman–Crippen MR) is 83.1 cm³/mol. The van der Waals surface area contributed by atoms with E-state index in [1.54, 1.807) is 24.3 Å². The van der Waals surface area contributed by atoms with Crippen LogP contribution in [0.25, 0.3) is 0 Å². The zero-order chi connectivity index (χ0) is 14.9. The van der Waals surface area contributed by atoms with Gasteiger partial charge in [0, 0.05) is 5.92 Å². The van der Waals surface area contributed by atoms with Gasteiger partial charge in [-0.3, -0.25) is 0 Å². The maximum Gasteiger partial charge on any atom is 0.338 e. The van der Waals surface area contributed by atoms with E-state index in [4.69, 9.17) is 62.7 Å². The predicted octanol–water partition coefficient (Wildman–Crippen LogP) is 5.39. The van der Waals surface area contributed by atoms with Crippen LogP contribution in [0.5, 0.6) is 0 Å². The minimum absolute atomic E-state index is 0.0744. The molecule has 1 unspecified atom stereocenters. The summed E-state index contributed by atoms with van der Waals surface area (Å²) >= 11 is 28.5. The molecule has 0 aliphatic heterocycles. The second kappa shape index (κ2) is 6.33. The zero-order valence-electron chi connectivity index (χ0n) is 10.0. The first-order valence-corrected chi connectivity index (χ1v) is 7.55. The zero-order valence-corrected chi connectivity index (χ0v) is 13.8. The monoisotopic (exact) mass is 372 g/mol. The second-order valence-electron chi connectivity index (χ2n) is 4.38. The summed E-state index contributed by atoms with van der Waals surface area (Å²) in [6.45, 7) is -0.167. The van der Waals surface area contributed by atoms with Crippen LogP contribution in [0.1, 0.15) is 28.3 Å². The first-order valence-electron chi connectivity index (χ1n) is 5.66. The van der Waals surface area contributed by atoms with Crippen molar-refractivity contribution in [2.45, 2.75) is 16.7 Å². The largest absolute Gasteiger partial charge is 0.456 e. The molecule has 0 bridgehead atoms. The molecule has 1 atom stereocenters. The number of carbonyl (C=O) groups is 1. The van der Waals surface area contributed by atoms with Crippen LogP contribution in [0, 0.1) is 0 Å². The number of halogens is 5. The molecule has 0 aromatic heterocycles. The lowest BCUT2D eigenvalue weighted by Gasteiger charge is -2.05. The van der Waals surface area contributed by atoms with E-state index in [0.717, 1.165) is 5.56 Å². The molecule has 0 N–H and O–H groups in total. The Morgan fingerprint density at radius 2 is 1.75 bits per heavy atom. The highest BCUT2D eigenvalue weighted by Gasteiger charge is 2.52. The molecule has 1 fully saturated rings. The lowest BCUT2D eigenvalue weighted by molar-refractivity contribution is 0.0546. The van der Waals surface area contributed by atoms with Crippen LogP contribution in [-0.4, -0.2) is 16.9 Å². The van der Waals surface area contributed by atoms with E-state index in [0.29, 0.717) is 12.0 Å². The number of carbonyl (C=O) groups excluding carboxylic acids is 1. The third-order valence-electron chi connectivity index (χ3n) is 2.91. The Bertz CT molecular complexity index is 546. The van der Waals surface area contributed by atoms with Crippen molar-refractivity contribution in [2.75, 3.05) is 6.61 Å². The van der Waals surface area contributed by atoms with Crippen molar-refractivity contribution in [3.05, 3.63) is 44.9 Å². The minimum Gasteiger partial charge on any atom is -0.456 e. The molecule has 1 aromatic carbocycles. The smallest absolute Gasteiger partial charge is 0.338 e. The molecular formula is C13H9Cl5O2. The van der Waals surface area contributed by atoms with Gasteiger partial charge in [0.05, 0.1) is 10.6 Å². The third-order valence-corrected chi connectivity index (χ3v) is 4.69. The molecule has 1 aliphatic carbocycles. The van der Waals surface area contributed by atoms with Gasteiger partial charge in [-0.2, -0.15) is 0 Å². The Labute approximate surface area is 141 Å². The molecule has 1 aromatic rings. The average molecular weight is 374 g/mol. The molecular weight excluding hydrogens is 365 g/mol.